The molecule has 0 aliphatic heterocycles. The molecule has 0 amide bonds. The Labute approximate surface area is 101 Å². The number of aliphatic carboxylic acids is 1. The van der Waals surface area contributed by atoms with Gasteiger partial charge in [0.15, 0.2) is 11.4 Å². The van der Waals surface area contributed by atoms with Crippen molar-refractivity contribution in [2.75, 3.05) is 0 Å². The Morgan fingerprint density at radius 2 is 2.33 bits per heavy atom. The van der Waals surface area contributed by atoms with Gasteiger partial charge in [-0.1, -0.05) is 0 Å². The Kier molecular flexibility index (Phi) is 2.33. The molecule has 0 radical (unpaired) electrons. The lowest BCUT2D eigenvalue weighted by atomic mass is 10.1. The van der Waals surface area contributed by atoms with Gasteiger partial charge in [0.25, 0.3) is 0 Å². The van der Waals surface area contributed by atoms with Gasteiger partial charge < -0.3 is 9.52 Å². The Morgan fingerprint density at radius 3 is 3.06 bits per heavy atom. The fraction of sp³-hybridized carbons (Fsp3) is 0.0833. The summed E-state index contributed by atoms with van der Waals surface area (Å²) >= 11 is 0. The minimum atomic E-state index is -0.927. The van der Waals surface area contributed by atoms with E-state index in [1.165, 1.54) is 6.26 Å². The third-order valence-corrected chi connectivity index (χ3v) is 2.57. The molecule has 0 aliphatic carbocycles. The predicted molar refractivity (Wildman–Crippen MR) is 62.0 cm³/mol. The molecule has 18 heavy (non-hydrogen) atoms. The SMILES string of the molecule is O=C(O)Cc1c(-c2ccco2)nn2cccnc12. The largest absolute Gasteiger partial charge is 0.481 e. The lowest BCUT2D eigenvalue weighted by molar-refractivity contribution is -0.136. The third kappa shape index (κ3) is 1.64. The zero-order valence-electron chi connectivity index (χ0n) is 9.28. The van der Waals surface area contributed by atoms with E-state index in [4.69, 9.17) is 9.52 Å². The lowest BCUT2D eigenvalue weighted by Gasteiger charge is -1.96. The Balaban J connectivity index is 2.26. The molecule has 0 saturated heterocycles. The third-order valence-electron chi connectivity index (χ3n) is 2.57. The van der Waals surface area contributed by atoms with Crippen LogP contribution >= 0.6 is 0 Å². The summed E-state index contributed by atoms with van der Waals surface area (Å²) in [4.78, 5) is 15.1. The highest BCUT2D eigenvalue weighted by molar-refractivity contribution is 5.78. The van der Waals surface area contributed by atoms with E-state index in [0.717, 1.165) is 0 Å². The van der Waals surface area contributed by atoms with Crippen molar-refractivity contribution in [2.24, 2.45) is 0 Å². The van der Waals surface area contributed by atoms with Crippen LogP contribution in [0, 0.1) is 0 Å². The van der Waals surface area contributed by atoms with Gasteiger partial charge in [-0.3, -0.25) is 4.79 Å². The van der Waals surface area contributed by atoms with Crippen LogP contribution in [0.25, 0.3) is 17.1 Å². The highest BCUT2D eigenvalue weighted by Crippen LogP contribution is 2.25. The average molecular weight is 243 g/mol. The van der Waals surface area contributed by atoms with Gasteiger partial charge in [-0.2, -0.15) is 5.10 Å². The summed E-state index contributed by atoms with van der Waals surface area (Å²) < 4.78 is 6.83. The number of hydrogen-bond donors (Lipinski definition) is 1. The molecule has 3 rings (SSSR count). The normalized spacial score (nSPS) is 10.9. The van der Waals surface area contributed by atoms with Crippen LogP contribution < -0.4 is 0 Å². The lowest BCUT2D eigenvalue weighted by Crippen LogP contribution is -2.01. The number of carbonyl (C=O) groups is 1. The predicted octanol–water partition coefficient (Wildman–Crippen LogP) is 1.62. The van der Waals surface area contributed by atoms with Crippen molar-refractivity contribution in [1.82, 2.24) is 14.6 Å². The number of nitrogens with zero attached hydrogens (tertiary/aromatic N) is 3. The molecular weight excluding hydrogens is 234 g/mol. The van der Waals surface area contributed by atoms with Crippen LogP contribution in [0.3, 0.4) is 0 Å². The molecule has 90 valence electrons. The molecular formula is C12H9N3O3. The molecule has 6 heteroatoms. The molecule has 3 aromatic rings. The van der Waals surface area contributed by atoms with Crippen LogP contribution in [0.4, 0.5) is 0 Å². The minimum absolute atomic E-state index is 0.142. The van der Waals surface area contributed by atoms with Crippen molar-refractivity contribution in [3.05, 3.63) is 42.4 Å². The molecule has 0 atom stereocenters. The van der Waals surface area contributed by atoms with Crippen LogP contribution in [-0.4, -0.2) is 25.7 Å². The summed E-state index contributed by atoms with van der Waals surface area (Å²) in [7, 11) is 0. The van der Waals surface area contributed by atoms with Crippen molar-refractivity contribution >= 4 is 11.6 Å². The van der Waals surface area contributed by atoms with Crippen LogP contribution in [0.15, 0.2) is 41.3 Å². The van der Waals surface area contributed by atoms with Crippen molar-refractivity contribution in [3.8, 4) is 11.5 Å². The van der Waals surface area contributed by atoms with Crippen LogP contribution in [0.1, 0.15) is 5.56 Å². The topological polar surface area (TPSA) is 80.6 Å². The van der Waals surface area contributed by atoms with Gasteiger partial charge in [0.1, 0.15) is 5.69 Å². The molecule has 3 heterocycles. The molecule has 0 spiro atoms. The number of furan rings is 1. The van der Waals surface area contributed by atoms with Gasteiger partial charge in [-0.05, 0) is 18.2 Å². The standard InChI is InChI=1S/C12H9N3O3/c16-10(17)7-8-11(9-3-1-6-18-9)14-15-5-2-4-13-12(8)15/h1-6H,7H2,(H,16,17). The van der Waals surface area contributed by atoms with Gasteiger partial charge in [-0.15, -0.1) is 0 Å². The van der Waals surface area contributed by atoms with E-state index in [2.05, 4.69) is 10.1 Å². The maximum atomic E-state index is 10.9. The Morgan fingerprint density at radius 1 is 1.44 bits per heavy atom. The summed E-state index contributed by atoms with van der Waals surface area (Å²) in [6.07, 6.45) is 4.71. The molecule has 0 fully saturated rings. The molecule has 1 N–H and O–H groups in total. The summed E-state index contributed by atoms with van der Waals surface area (Å²) in [6, 6.07) is 5.21. The molecule has 0 aliphatic rings. The van der Waals surface area contributed by atoms with Gasteiger partial charge in [0.2, 0.25) is 0 Å². The van der Waals surface area contributed by atoms with Crippen molar-refractivity contribution in [2.45, 2.75) is 6.42 Å². The number of aromatic nitrogens is 3. The van der Waals surface area contributed by atoms with Crippen LogP contribution in [-0.2, 0) is 11.2 Å². The van der Waals surface area contributed by atoms with Crippen LogP contribution in [0.2, 0.25) is 0 Å². The summed E-state index contributed by atoms with van der Waals surface area (Å²) in [6.45, 7) is 0. The maximum Gasteiger partial charge on any atom is 0.308 e. The first-order chi connectivity index (χ1) is 8.75. The number of hydrogen-bond acceptors (Lipinski definition) is 4. The zero-order chi connectivity index (χ0) is 12.5. The maximum absolute atomic E-state index is 10.9. The van der Waals surface area contributed by atoms with Gasteiger partial charge in [0.05, 0.1) is 12.7 Å². The molecule has 0 saturated carbocycles. The van der Waals surface area contributed by atoms with Crippen LogP contribution in [0.5, 0.6) is 0 Å². The number of fused-ring (bicyclic) bond motifs is 1. The fourth-order valence-electron chi connectivity index (χ4n) is 1.86. The molecule has 6 nitrogen and oxygen atoms in total. The van der Waals surface area contributed by atoms with Gasteiger partial charge in [-0.25, -0.2) is 9.50 Å². The molecule has 3 aromatic heterocycles. The minimum Gasteiger partial charge on any atom is -0.481 e. The molecule has 0 aromatic carbocycles. The Bertz CT molecular complexity index is 701. The van der Waals surface area contributed by atoms with E-state index >= 15 is 0 Å². The van der Waals surface area contributed by atoms with Gasteiger partial charge in [0, 0.05) is 18.0 Å². The average Bonchev–Trinajstić information content (AvgIpc) is 2.96. The second kappa shape index (κ2) is 3.99. The van der Waals surface area contributed by atoms with Gasteiger partial charge >= 0.3 is 5.97 Å². The highest BCUT2D eigenvalue weighted by atomic mass is 16.4. The number of carboxylic acids is 1. The number of carboxylic acid groups (broad SMARTS) is 1. The van der Waals surface area contributed by atoms with E-state index in [9.17, 15) is 4.79 Å². The summed E-state index contributed by atoms with van der Waals surface area (Å²) in [5.74, 6) is -0.389. The van der Waals surface area contributed by atoms with Crippen molar-refractivity contribution < 1.29 is 14.3 Å². The Hall–Kier alpha value is -2.63. The second-order valence-corrected chi connectivity index (χ2v) is 3.76. The smallest absolute Gasteiger partial charge is 0.308 e. The first-order valence-corrected chi connectivity index (χ1v) is 5.33. The molecule has 0 unspecified atom stereocenters. The van der Waals surface area contributed by atoms with Crippen molar-refractivity contribution in [1.29, 1.82) is 0 Å². The zero-order valence-corrected chi connectivity index (χ0v) is 9.28. The summed E-state index contributed by atoms with van der Waals surface area (Å²) in [5.41, 5.74) is 1.60. The first kappa shape index (κ1) is 10.5. The van der Waals surface area contributed by atoms with E-state index < -0.39 is 5.97 Å². The first-order valence-electron chi connectivity index (χ1n) is 5.33. The van der Waals surface area contributed by atoms with Crippen molar-refractivity contribution in [3.63, 3.8) is 0 Å². The second-order valence-electron chi connectivity index (χ2n) is 3.76. The quantitative estimate of drug-likeness (QED) is 0.755. The number of rotatable bonds is 3. The van der Waals surface area contributed by atoms with E-state index in [-0.39, 0.29) is 6.42 Å². The van der Waals surface area contributed by atoms with E-state index in [0.29, 0.717) is 22.7 Å². The summed E-state index contributed by atoms with van der Waals surface area (Å²) in [5, 5.41) is 13.3. The molecule has 0 bridgehead atoms. The monoisotopic (exact) mass is 243 g/mol. The highest BCUT2D eigenvalue weighted by Gasteiger charge is 2.19. The van der Waals surface area contributed by atoms with E-state index in [1.54, 1.807) is 35.1 Å². The van der Waals surface area contributed by atoms with E-state index in [1.807, 2.05) is 0 Å². The fourth-order valence-corrected chi connectivity index (χ4v) is 1.86.